The first-order chi connectivity index (χ1) is 13.3. The molecule has 0 unspecified atom stereocenters. The molecule has 1 aliphatic rings. The number of hydrogen-bond donors (Lipinski definition) is 1. The Bertz CT molecular complexity index is 956. The van der Waals surface area contributed by atoms with Gasteiger partial charge in [0.05, 0.1) is 12.7 Å². The maximum Gasteiger partial charge on any atom is 0.268 e. The van der Waals surface area contributed by atoms with Crippen LogP contribution in [0.2, 0.25) is 5.02 Å². The molecule has 3 rings (SSSR count). The first-order valence-corrected chi connectivity index (χ1v) is 10.8. The average molecular weight is 424 g/mol. The van der Waals surface area contributed by atoms with E-state index in [-0.39, 0.29) is 16.2 Å². The van der Waals surface area contributed by atoms with Gasteiger partial charge >= 0.3 is 0 Å². The molecule has 0 aliphatic carbocycles. The van der Waals surface area contributed by atoms with Crippen LogP contribution in [0.4, 0.5) is 5.82 Å². The number of benzene rings is 1. The zero-order valence-electron chi connectivity index (χ0n) is 15.7. The normalized spacial score (nSPS) is 15.3. The van der Waals surface area contributed by atoms with Crippen molar-refractivity contribution in [2.24, 2.45) is 5.92 Å². The summed E-state index contributed by atoms with van der Waals surface area (Å²) >= 11 is 5.87. The van der Waals surface area contributed by atoms with E-state index in [9.17, 15) is 13.2 Å². The number of aromatic nitrogens is 1. The second-order valence-corrected chi connectivity index (χ2v) is 8.92. The van der Waals surface area contributed by atoms with Crippen LogP contribution in [0.15, 0.2) is 41.4 Å². The monoisotopic (exact) mass is 423 g/mol. The standard InChI is InChI=1S/C19H22ClN3O4S/c1-13-7-9-23(10-8-13)18-6-4-15(12-21-18)28(25,26)22-19(24)16-5-3-14(20)11-17(16)27-2/h3-6,11-13H,7-10H2,1-2H3,(H,22,24). The van der Waals surface area contributed by atoms with Crippen LogP contribution < -0.4 is 14.4 Å². The van der Waals surface area contributed by atoms with E-state index < -0.39 is 15.9 Å². The van der Waals surface area contributed by atoms with E-state index in [0.717, 1.165) is 31.7 Å². The SMILES string of the molecule is COc1cc(Cl)ccc1C(=O)NS(=O)(=O)c1ccc(N2CCC(C)CC2)nc1. The van der Waals surface area contributed by atoms with Crippen molar-refractivity contribution in [3.05, 3.63) is 47.1 Å². The highest BCUT2D eigenvalue weighted by Crippen LogP contribution is 2.24. The third-order valence-electron chi connectivity index (χ3n) is 4.77. The summed E-state index contributed by atoms with van der Waals surface area (Å²) in [6, 6.07) is 7.46. The number of ether oxygens (including phenoxy) is 1. The van der Waals surface area contributed by atoms with Crippen LogP contribution in [0.5, 0.6) is 5.75 Å². The second kappa shape index (κ2) is 8.36. The lowest BCUT2D eigenvalue weighted by atomic mass is 9.99. The molecule has 1 aliphatic heterocycles. The van der Waals surface area contributed by atoms with Gasteiger partial charge in [-0.3, -0.25) is 4.79 Å². The van der Waals surface area contributed by atoms with Gasteiger partial charge in [-0.25, -0.2) is 18.1 Å². The first-order valence-electron chi connectivity index (χ1n) is 8.92. The minimum Gasteiger partial charge on any atom is -0.496 e. The second-order valence-electron chi connectivity index (χ2n) is 6.80. The van der Waals surface area contributed by atoms with Crippen LogP contribution in [0.25, 0.3) is 0 Å². The van der Waals surface area contributed by atoms with Gasteiger partial charge in [-0.2, -0.15) is 0 Å². The van der Waals surface area contributed by atoms with Crippen LogP contribution in [0, 0.1) is 5.92 Å². The third-order valence-corrected chi connectivity index (χ3v) is 6.33. The molecule has 0 saturated carbocycles. The lowest BCUT2D eigenvalue weighted by Gasteiger charge is -2.31. The predicted molar refractivity (Wildman–Crippen MR) is 108 cm³/mol. The molecular weight excluding hydrogens is 402 g/mol. The molecule has 0 bridgehead atoms. The number of hydrogen-bond acceptors (Lipinski definition) is 6. The van der Waals surface area contributed by atoms with E-state index in [4.69, 9.17) is 16.3 Å². The molecule has 1 amide bonds. The number of nitrogens with one attached hydrogen (secondary N) is 1. The van der Waals surface area contributed by atoms with E-state index in [1.807, 2.05) is 4.72 Å². The van der Waals surface area contributed by atoms with Gasteiger partial charge in [-0.15, -0.1) is 0 Å². The van der Waals surface area contributed by atoms with Gasteiger partial charge in [0.1, 0.15) is 16.5 Å². The molecule has 9 heteroatoms. The third kappa shape index (κ3) is 4.56. The highest BCUT2D eigenvalue weighted by molar-refractivity contribution is 7.90. The fourth-order valence-corrected chi connectivity index (χ4v) is 4.12. The fraction of sp³-hybridized carbons (Fsp3) is 0.368. The summed E-state index contributed by atoms with van der Waals surface area (Å²) in [7, 11) is -2.69. The minimum absolute atomic E-state index is 0.0718. The van der Waals surface area contributed by atoms with E-state index in [1.54, 1.807) is 6.07 Å². The number of carbonyl (C=O) groups is 1. The maximum atomic E-state index is 12.6. The molecule has 28 heavy (non-hydrogen) atoms. The molecule has 1 saturated heterocycles. The Balaban J connectivity index is 1.75. The highest BCUT2D eigenvalue weighted by atomic mass is 35.5. The Morgan fingerprint density at radius 1 is 1.25 bits per heavy atom. The molecule has 0 atom stereocenters. The van der Waals surface area contributed by atoms with Crippen molar-refractivity contribution in [3.63, 3.8) is 0 Å². The highest BCUT2D eigenvalue weighted by Gasteiger charge is 2.23. The topological polar surface area (TPSA) is 88.6 Å². The molecule has 1 N–H and O–H groups in total. The van der Waals surface area contributed by atoms with Crippen molar-refractivity contribution >= 4 is 33.3 Å². The van der Waals surface area contributed by atoms with E-state index in [1.165, 1.54) is 37.6 Å². The summed E-state index contributed by atoms with van der Waals surface area (Å²) in [5.41, 5.74) is 0.0718. The molecule has 2 heterocycles. The summed E-state index contributed by atoms with van der Waals surface area (Å²) in [5, 5.41) is 0.378. The first kappa shape index (κ1) is 20.4. The van der Waals surface area contributed by atoms with Gasteiger partial charge in [-0.1, -0.05) is 18.5 Å². The van der Waals surface area contributed by atoms with E-state index >= 15 is 0 Å². The minimum atomic E-state index is -4.07. The molecule has 1 aromatic carbocycles. The summed E-state index contributed by atoms with van der Waals surface area (Å²) < 4.78 is 32.3. The number of sulfonamides is 1. The van der Waals surface area contributed by atoms with Gasteiger partial charge < -0.3 is 9.64 Å². The summed E-state index contributed by atoms with van der Waals surface area (Å²) in [4.78, 5) is 18.8. The Hall–Kier alpha value is -2.32. The summed E-state index contributed by atoms with van der Waals surface area (Å²) in [5.74, 6) is 0.808. The van der Waals surface area contributed by atoms with Crippen LogP contribution in [-0.4, -0.2) is 39.5 Å². The summed E-state index contributed by atoms with van der Waals surface area (Å²) in [6.07, 6.45) is 3.43. The van der Waals surface area contributed by atoms with E-state index in [0.29, 0.717) is 10.9 Å². The summed E-state index contributed by atoms with van der Waals surface area (Å²) in [6.45, 7) is 4.01. The van der Waals surface area contributed by atoms with Crippen LogP contribution in [0.3, 0.4) is 0 Å². The molecule has 1 aromatic heterocycles. The zero-order chi connectivity index (χ0) is 20.3. The lowest BCUT2D eigenvalue weighted by molar-refractivity contribution is 0.0978. The molecule has 0 radical (unpaired) electrons. The predicted octanol–water partition coefficient (Wildman–Crippen LogP) is 3.10. The van der Waals surface area contributed by atoms with Gasteiger partial charge in [-0.05, 0) is 49.1 Å². The van der Waals surface area contributed by atoms with Gasteiger partial charge in [0.15, 0.2) is 0 Å². The number of amides is 1. The van der Waals surface area contributed by atoms with Crippen molar-refractivity contribution in [3.8, 4) is 5.75 Å². The number of halogens is 1. The zero-order valence-corrected chi connectivity index (χ0v) is 17.3. The number of piperidine rings is 1. The van der Waals surface area contributed by atoms with Crippen molar-refractivity contribution in [2.75, 3.05) is 25.1 Å². The van der Waals surface area contributed by atoms with Gasteiger partial charge in [0.25, 0.3) is 15.9 Å². The number of rotatable bonds is 5. The number of nitrogens with zero attached hydrogens (tertiary/aromatic N) is 2. The Morgan fingerprint density at radius 2 is 1.96 bits per heavy atom. The fourth-order valence-electron chi connectivity index (χ4n) is 3.04. The number of anilines is 1. The number of carbonyl (C=O) groups excluding carboxylic acids is 1. The maximum absolute atomic E-state index is 12.6. The Morgan fingerprint density at radius 3 is 2.57 bits per heavy atom. The largest absolute Gasteiger partial charge is 0.496 e. The Labute approximate surface area is 169 Å². The van der Waals surface area contributed by atoms with Gasteiger partial charge in [0.2, 0.25) is 0 Å². The molecule has 150 valence electrons. The van der Waals surface area contributed by atoms with Crippen molar-refractivity contribution in [2.45, 2.75) is 24.7 Å². The average Bonchev–Trinajstić information content (AvgIpc) is 2.68. The molecule has 7 nitrogen and oxygen atoms in total. The molecular formula is C19H22ClN3O4S. The Kier molecular flexibility index (Phi) is 6.10. The van der Waals surface area contributed by atoms with E-state index in [2.05, 4.69) is 16.8 Å². The van der Waals surface area contributed by atoms with Crippen LogP contribution >= 0.6 is 11.6 Å². The van der Waals surface area contributed by atoms with Crippen molar-refractivity contribution < 1.29 is 17.9 Å². The van der Waals surface area contributed by atoms with Crippen LogP contribution in [0.1, 0.15) is 30.1 Å². The number of pyridine rings is 1. The quantitative estimate of drug-likeness (QED) is 0.794. The lowest BCUT2D eigenvalue weighted by Crippen LogP contribution is -2.33. The van der Waals surface area contributed by atoms with Crippen molar-refractivity contribution in [1.29, 1.82) is 0 Å². The molecule has 1 fully saturated rings. The number of methoxy groups -OCH3 is 1. The smallest absolute Gasteiger partial charge is 0.268 e. The van der Waals surface area contributed by atoms with Crippen molar-refractivity contribution in [1.82, 2.24) is 9.71 Å². The molecule has 2 aromatic rings. The van der Waals surface area contributed by atoms with Gasteiger partial charge in [0, 0.05) is 24.3 Å². The van der Waals surface area contributed by atoms with Crippen LogP contribution in [-0.2, 0) is 10.0 Å². The molecule has 0 spiro atoms.